The highest BCUT2D eigenvalue weighted by atomic mass is 127. The first-order valence-corrected chi connectivity index (χ1v) is 4.97. The van der Waals surface area contributed by atoms with Crippen LogP contribution in [0, 0.1) is 2.88 Å². The molecule has 0 saturated heterocycles. The number of thiophene rings is 1. The van der Waals surface area contributed by atoms with E-state index in [1.54, 1.807) is 11.3 Å². The monoisotopic (exact) mass is 266 g/mol. The van der Waals surface area contributed by atoms with Crippen LogP contribution in [-0.2, 0) is 0 Å². The van der Waals surface area contributed by atoms with E-state index in [2.05, 4.69) is 22.6 Å². The van der Waals surface area contributed by atoms with E-state index >= 15 is 0 Å². The van der Waals surface area contributed by atoms with Crippen molar-refractivity contribution >= 4 is 39.7 Å². The normalized spacial score (nSPS) is 9.80. The third-order valence-corrected chi connectivity index (χ3v) is 3.00. The van der Waals surface area contributed by atoms with Crippen molar-refractivity contribution in [2.24, 2.45) is 0 Å². The first-order chi connectivity index (χ1) is 4.74. The number of Topliss-reactive ketones (excluding diaryl/α,β-unsaturated/α-hetero) is 1. The average molecular weight is 266 g/mol. The molecule has 0 spiro atoms. The van der Waals surface area contributed by atoms with Crippen LogP contribution in [0.1, 0.15) is 23.7 Å². The molecule has 0 aliphatic carbocycles. The summed E-state index contributed by atoms with van der Waals surface area (Å²) < 4.78 is 1.18. The van der Waals surface area contributed by atoms with Crippen molar-refractivity contribution in [2.75, 3.05) is 0 Å². The largest absolute Gasteiger partial charge is 0.294 e. The van der Waals surface area contributed by atoms with Crippen LogP contribution in [0.15, 0.2) is 11.4 Å². The van der Waals surface area contributed by atoms with Crippen molar-refractivity contribution in [3.8, 4) is 0 Å². The number of ketones is 1. The second kappa shape index (κ2) is 3.48. The number of carbonyl (C=O) groups excluding carboxylic acids is 1. The van der Waals surface area contributed by atoms with Gasteiger partial charge >= 0.3 is 0 Å². The molecule has 0 bridgehead atoms. The van der Waals surface area contributed by atoms with Crippen LogP contribution in [0.5, 0.6) is 0 Å². The molecular weight excluding hydrogens is 259 g/mol. The molecule has 0 unspecified atom stereocenters. The Morgan fingerprint density at radius 2 is 2.50 bits per heavy atom. The molecule has 3 heteroatoms. The predicted molar refractivity (Wildman–Crippen MR) is 51.7 cm³/mol. The van der Waals surface area contributed by atoms with Gasteiger partial charge in [0.1, 0.15) is 0 Å². The Balaban J connectivity index is 2.85. The SMILES string of the molecule is CCC(=O)c1csc(I)c1. The smallest absolute Gasteiger partial charge is 0.163 e. The Bertz CT molecular complexity index is 242. The van der Waals surface area contributed by atoms with E-state index in [1.165, 1.54) is 2.88 Å². The molecular formula is C7H7IOS. The van der Waals surface area contributed by atoms with Crippen LogP contribution >= 0.6 is 33.9 Å². The molecule has 0 atom stereocenters. The summed E-state index contributed by atoms with van der Waals surface area (Å²) in [6.45, 7) is 1.88. The molecule has 10 heavy (non-hydrogen) atoms. The zero-order chi connectivity index (χ0) is 7.56. The van der Waals surface area contributed by atoms with Crippen LogP contribution in [-0.4, -0.2) is 5.78 Å². The van der Waals surface area contributed by atoms with E-state index in [0.717, 1.165) is 5.56 Å². The zero-order valence-electron chi connectivity index (χ0n) is 5.56. The third-order valence-electron chi connectivity index (χ3n) is 1.21. The molecule has 0 aliphatic rings. The molecule has 1 aromatic heterocycles. The van der Waals surface area contributed by atoms with Gasteiger partial charge in [0.2, 0.25) is 0 Å². The molecule has 0 fully saturated rings. The lowest BCUT2D eigenvalue weighted by Crippen LogP contribution is -1.92. The Morgan fingerprint density at radius 1 is 1.80 bits per heavy atom. The number of rotatable bonds is 2. The zero-order valence-corrected chi connectivity index (χ0v) is 8.53. The number of hydrogen-bond acceptors (Lipinski definition) is 2. The molecule has 54 valence electrons. The van der Waals surface area contributed by atoms with Gasteiger partial charge in [-0.05, 0) is 28.7 Å². The van der Waals surface area contributed by atoms with Gasteiger partial charge in [0.15, 0.2) is 5.78 Å². The topological polar surface area (TPSA) is 17.1 Å². The van der Waals surface area contributed by atoms with Gasteiger partial charge in [-0.2, -0.15) is 0 Å². The Morgan fingerprint density at radius 3 is 2.90 bits per heavy atom. The Kier molecular flexibility index (Phi) is 2.85. The average Bonchev–Trinajstić information content (AvgIpc) is 2.34. The summed E-state index contributed by atoms with van der Waals surface area (Å²) in [5.74, 6) is 0.235. The standard InChI is InChI=1S/C7H7IOS/c1-2-6(9)5-3-7(8)10-4-5/h3-4H,2H2,1H3. The molecule has 1 nitrogen and oxygen atoms in total. The van der Waals surface area contributed by atoms with Crippen LogP contribution < -0.4 is 0 Å². The van der Waals surface area contributed by atoms with Crippen LogP contribution in [0.2, 0.25) is 0 Å². The van der Waals surface area contributed by atoms with Crippen molar-refractivity contribution in [3.63, 3.8) is 0 Å². The fourth-order valence-electron chi connectivity index (χ4n) is 0.660. The maximum absolute atomic E-state index is 11.0. The summed E-state index contributed by atoms with van der Waals surface area (Å²) in [5, 5.41) is 1.91. The number of carbonyl (C=O) groups is 1. The fraction of sp³-hybridized carbons (Fsp3) is 0.286. The van der Waals surface area contributed by atoms with Crippen LogP contribution in [0.4, 0.5) is 0 Å². The summed E-state index contributed by atoms with van der Waals surface area (Å²) in [6, 6.07) is 1.93. The summed E-state index contributed by atoms with van der Waals surface area (Å²) in [6.07, 6.45) is 0.604. The predicted octanol–water partition coefficient (Wildman–Crippen LogP) is 2.95. The van der Waals surface area contributed by atoms with Gasteiger partial charge in [0.05, 0.1) is 2.88 Å². The number of halogens is 1. The number of hydrogen-bond donors (Lipinski definition) is 0. The van der Waals surface area contributed by atoms with E-state index in [4.69, 9.17) is 0 Å². The second-order valence-corrected chi connectivity index (χ2v) is 4.72. The van der Waals surface area contributed by atoms with Gasteiger partial charge in [-0.25, -0.2) is 0 Å². The van der Waals surface area contributed by atoms with Gasteiger partial charge < -0.3 is 0 Å². The van der Waals surface area contributed by atoms with E-state index in [-0.39, 0.29) is 5.78 Å². The molecule has 0 radical (unpaired) electrons. The Labute approximate surface area is 77.6 Å². The second-order valence-electron chi connectivity index (χ2n) is 1.92. The quantitative estimate of drug-likeness (QED) is 0.594. The lowest BCUT2D eigenvalue weighted by molar-refractivity contribution is 0.0988. The summed E-state index contributed by atoms with van der Waals surface area (Å²) in [4.78, 5) is 11.0. The lowest BCUT2D eigenvalue weighted by atomic mass is 10.2. The maximum Gasteiger partial charge on any atom is 0.163 e. The summed E-state index contributed by atoms with van der Waals surface area (Å²) in [7, 11) is 0. The highest BCUT2D eigenvalue weighted by Gasteiger charge is 2.03. The Hall–Kier alpha value is 0.1000. The van der Waals surface area contributed by atoms with Crippen molar-refractivity contribution in [1.82, 2.24) is 0 Å². The third kappa shape index (κ3) is 1.79. The van der Waals surface area contributed by atoms with Crippen molar-refractivity contribution in [3.05, 3.63) is 19.9 Å². The van der Waals surface area contributed by atoms with Crippen LogP contribution in [0.3, 0.4) is 0 Å². The lowest BCUT2D eigenvalue weighted by Gasteiger charge is -1.87. The van der Waals surface area contributed by atoms with Gasteiger partial charge in [-0.3, -0.25) is 4.79 Å². The van der Waals surface area contributed by atoms with Crippen LogP contribution in [0.25, 0.3) is 0 Å². The first kappa shape index (κ1) is 8.20. The summed E-state index contributed by atoms with van der Waals surface area (Å²) in [5.41, 5.74) is 0.858. The van der Waals surface area contributed by atoms with Gasteiger partial charge in [-0.1, -0.05) is 6.92 Å². The van der Waals surface area contributed by atoms with Gasteiger partial charge in [-0.15, -0.1) is 11.3 Å². The van der Waals surface area contributed by atoms with Crippen molar-refractivity contribution < 1.29 is 4.79 Å². The molecule has 1 heterocycles. The molecule has 0 aliphatic heterocycles. The molecule has 0 aromatic carbocycles. The fourth-order valence-corrected chi connectivity index (χ4v) is 2.01. The van der Waals surface area contributed by atoms with Gasteiger partial charge in [0.25, 0.3) is 0 Å². The van der Waals surface area contributed by atoms with Gasteiger partial charge in [0, 0.05) is 17.4 Å². The minimum absolute atomic E-state index is 0.235. The molecule has 1 rings (SSSR count). The van der Waals surface area contributed by atoms with Crippen molar-refractivity contribution in [2.45, 2.75) is 13.3 Å². The highest BCUT2D eigenvalue weighted by molar-refractivity contribution is 14.1. The molecule has 0 saturated carbocycles. The molecule has 0 N–H and O–H groups in total. The minimum Gasteiger partial charge on any atom is -0.294 e. The van der Waals surface area contributed by atoms with E-state index in [0.29, 0.717) is 6.42 Å². The highest BCUT2D eigenvalue weighted by Crippen LogP contribution is 2.17. The molecule has 0 amide bonds. The molecule has 1 aromatic rings. The minimum atomic E-state index is 0.235. The van der Waals surface area contributed by atoms with E-state index in [9.17, 15) is 4.79 Å². The maximum atomic E-state index is 11.0. The van der Waals surface area contributed by atoms with E-state index in [1.807, 2.05) is 18.4 Å². The van der Waals surface area contributed by atoms with E-state index < -0.39 is 0 Å². The summed E-state index contributed by atoms with van der Waals surface area (Å²) >= 11 is 3.83. The first-order valence-electron chi connectivity index (χ1n) is 3.01. The van der Waals surface area contributed by atoms with Crippen molar-refractivity contribution in [1.29, 1.82) is 0 Å².